The van der Waals surface area contributed by atoms with Crippen LogP contribution in [0.25, 0.3) is 0 Å². The topological polar surface area (TPSA) is 115 Å². The van der Waals surface area contributed by atoms with Crippen molar-refractivity contribution >= 4 is 5.84 Å². The van der Waals surface area contributed by atoms with Crippen molar-refractivity contribution in [1.82, 2.24) is 0 Å². The van der Waals surface area contributed by atoms with Gasteiger partial charge in [0.2, 0.25) is 0 Å². The average Bonchev–Trinajstić information content (AvgIpc) is 2.98. The van der Waals surface area contributed by atoms with Gasteiger partial charge in [0.25, 0.3) is 5.84 Å². The summed E-state index contributed by atoms with van der Waals surface area (Å²) in [5.41, 5.74) is 4.44. The number of nitrogens with two attached hydrogens (primary N) is 1. The maximum absolute atomic E-state index is 10.1. The highest BCUT2D eigenvalue weighted by atomic mass is 16.8. The van der Waals surface area contributed by atoms with Crippen LogP contribution in [0, 0.1) is 33.5 Å². The van der Waals surface area contributed by atoms with Crippen LogP contribution in [0.15, 0.2) is 24.3 Å². The van der Waals surface area contributed by atoms with Crippen LogP contribution < -0.4 is 15.5 Å². The summed E-state index contributed by atoms with van der Waals surface area (Å²) in [6.07, 6.45) is -0.205. The predicted octanol–water partition coefficient (Wildman–Crippen LogP) is -0.647. The largest absolute Gasteiger partial charge is 0.496 e. The lowest BCUT2D eigenvalue weighted by Crippen LogP contribution is -2.90. The summed E-state index contributed by atoms with van der Waals surface area (Å²) in [6.45, 7) is 2.18. The molecule has 7 heteroatoms. The summed E-state index contributed by atoms with van der Waals surface area (Å²) >= 11 is 0. The van der Waals surface area contributed by atoms with Crippen LogP contribution in [0.2, 0.25) is 0 Å². The molecule has 2 heterocycles. The zero-order chi connectivity index (χ0) is 17.2. The Morgan fingerprint density at radius 2 is 2.08 bits per heavy atom. The number of amidine groups is 1. The first-order valence-corrected chi connectivity index (χ1v) is 7.71. The Kier molecular flexibility index (Phi) is 2.79. The normalized spacial score (nSPS) is 42.1. The van der Waals surface area contributed by atoms with Crippen molar-refractivity contribution in [2.75, 3.05) is 13.7 Å². The van der Waals surface area contributed by atoms with Crippen molar-refractivity contribution in [3.8, 4) is 17.9 Å². The number of nitriles is 2. The van der Waals surface area contributed by atoms with Gasteiger partial charge in [-0.25, -0.2) is 4.99 Å². The smallest absolute Gasteiger partial charge is 0.343 e. The van der Waals surface area contributed by atoms with Gasteiger partial charge < -0.3 is 14.2 Å². The summed E-state index contributed by atoms with van der Waals surface area (Å²) in [5.74, 6) is -1.10. The summed E-state index contributed by atoms with van der Waals surface area (Å²) in [7, 11) is 1.56. The first-order chi connectivity index (χ1) is 11.5. The fraction of sp³-hybridized carbons (Fsp3) is 0.471. The van der Waals surface area contributed by atoms with Gasteiger partial charge >= 0.3 is 5.91 Å². The van der Waals surface area contributed by atoms with Crippen molar-refractivity contribution in [3.63, 3.8) is 0 Å². The molecule has 0 radical (unpaired) electrons. The Labute approximate surface area is 139 Å². The second-order valence-corrected chi connectivity index (χ2v) is 6.41. The number of hydrogen-bond acceptors (Lipinski definition) is 6. The Morgan fingerprint density at radius 3 is 2.67 bits per heavy atom. The first kappa shape index (κ1) is 14.9. The van der Waals surface area contributed by atoms with Crippen LogP contribution in [-0.2, 0) is 9.47 Å². The Hall–Kier alpha value is -2.61. The van der Waals surface area contributed by atoms with Gasteiger partial charge in [-0.2, -0.15) is 10.5 Å². The Morgan fingerprint density at radius 1 is 1.33 bits per heavy atom. The molecular weight excluding hydrogens is 308 g/mol. The molecule has 3 N–H and O–H groups in total. The third-order valence-electron chi connectivity index (χ3n) is 5.34. The fourth-order valence-corrected chi connectivity index (χ4v) is 4.34. The van der Waals surface area contributed by atoms with Crippen LogP contribution in [0.3, 0.4) is 0 Å². The second kappa shape index (κ2) is 4.47. The number of nitrogens with zero attached hydrogens (tertiary/aromatic N) is 2. The minimum absolute atomic E-state index is 0.205. The van der Waals surface area contributed by atoms with E-state index in [0.717, 1.165) is 5.56 Å². The van der Waals surface area contributed by atoms with E-state index < -0.39 is 22.7 Å². The van der Waals surface area contributed by atoms with E-state index in [1.807, 2.05) is 25.1 Å². The fourth-order valence-electron chi connectivity index (χ4n) is 4.34. The third kappa shape index (κ3) is 1.32. The molecule has 1 aliphatic carbocycles. The minimum atomic E-state index is -1.41. The predicted molar refractivity (Wildman–Crippen MR) is 81.2 cm³/mol. The molecule has 2 fully saturated rings. The van der Waals surface area contributed by atoms with Gasteiger partial charge in [0.1, 0.15) is 5.75 Å². The second-order valence-electron chi connectivity index (χ2n) is 6.41. The molecule has 1 aromatic rings. The van der Waals surface area contributed by atoms with E-state index >= 15 is 0 Å². The van der Waals surface area contributed by atoms with Crippen LogP contribution in [-0.4, -0.2) is 31.6 Å². The summed E-state index contributed by atoms with van der Waals surface area (Å²) in [6, 6.07) is 11.9. The molecule has 1 spiro atoms. The molecular formula is C17H17N4O3+. The minimum Gasteiger partial charge on any atom is -0.496 e. The van der Waals surface area contributed by atoms with Crippen molar-refractivity contribution in [2.45, 2.75) is 24.9 Å². The quantitative estimate of drug-likeness (QED) is 0.747. The molecule has 1 aromatic carbocycles. The first-order valence-electron chi connectivity index (χ1n) is 7.71. The molecule has 24 heavy (non-hydrogen) atoms. The molecule has 122 valence electrons. The number of methoxy groups -OCH3 is 1. The number of hydrogen-bond donors (Lipinski definition) is 2. The van der Waals surface area contributed by atoms with Crippen molar-refractivity contribution < 1.29 is 19.2 Å². The van der Waals surface area contributed by atoms with Gasteiger partial charge in [0.05, 0.1) is 37.9 Å². The van der Waals surface area contributed by atoms with E-state index in [4.69, 9.17) is 19.9 Å². The molecule has 0 bridgehead atoms. The van der Waals surface area contributed by atoms with Gasteiger partial charge in [-0.15, -0.1) is 0 Å². The number of para-hydroxylation sites is 1. The van der Waals surface area contributed by atoms with Crippen LogP contribution >= 0.6 is 0 Å². The van der Waals surface area contributed by atoms with Gasteiger partial charge in [0.15, 0.2) is 10.8 Å². The molecule has 7 nitrogen and oxygen atoms in total. The maximum atomic E-state index is 10.1. The Bertz CT molecular complexity index is 841. The van der Waals surface area contributed by atoms with E-state index in [2.05, 4.69) is 17.1 Å². The van der Waals surface area contributed by atoms with Crippen molar-refractivity contribution in [1.29, 1.82) is 10.5 Å². The highest BCUT2D eigenvalue weighted by Crippen LogP contribution is 2.79. The van der Waals surface area contributed by atoms with E-state index in [1.165, 1.54) is 0 Å². The van der Waals surface area contributed by atoms with E-state index in [9.17, 15) is 10.5 Å². The zero-order valence-corrected chi connectivity index (χ0v) is 13.4. The molecule has 0 unspecified atom stereocenters. The zero-order valence-electron chi connectivity index (χ0n) is 13.4. The molecule has 1 saturated heterocycles. The van der Waals surface area contributed by atoms with E-state index in [0.29, 0.717) is 12.4 Å². The molecule has 1 saturated carbocycles. The summed E-state index contributed by atoms with van der Waals surface area (Å²) < 4.78 is 17.2. The maximum Gasteiger partial charge on any atom is 0.343 e. The van der Waals surface area contributed by atoms with E-state index in [-0.39, 0.29) is 11.9 Å². The molecule has 0 aromatic heterocycles. The Balaban J connectivity index is 1.94. The molecule has 5 atom stereocenters. The van der Waals surface area contributed by atoms with Crippen LogP contribution in [0.5, 0.6) is 5.75 Å². The van der Waals surface area contributed by atoms with Gasteiger partial charge in [-0.05, 0) is 13.0 Å². The number of nitrogens with one attached hydrogen (secondary N) is 1. The number of rotatable bonds is 2. The summed E-state index contributed by atoms with van der Waals surface area (Å²) in [4.78, 5) is 2.94. The van der Waals surface area contributed by atoms with Crippen LogP contribution in [0.1, 0.15) is 18.4 Å². The van der Waals surface area contributed by atoms with E-state index in [1.54, 1.807) is 13.2 Å². The number of fused-ring (bicyclic) bond motifs is 2. The monoisotopic (exact) mass is 325 g/mol. The highest BCUT2D eigenvalue weighted by Gasteiger charge is 2.98. The molecule has 0 amide bonds. The van der Waals surface area contributed by atoms with Gasteiger partial charge in [0, 0.05) is 5.56 Å². The van der Waals surface area contributed by atoms with Crippen molar-refractivity contribution in [3.05, 3.63) is 29.8 Å². The van der Waals surface area contributed by atoms with Gasteiger partial charge in [-0.3, -0.25) is 5.73 Å². The average molecular weight is 325 g/mol. The molecule has 4 rings (SSSR count). The van der Waals surface area contributed by atoms with Gasteiger partial charge in [-0.1, -0.05) is 18.2 Å². The lowest BCUT2D eigenvalue weighted by atomic mass is 9.93. The molecule has 3 aliphatic rings. The highest BCUT2D eigenvalue weighted by molar-refractivity contribution is 5.95. The number of benzene rings is 1. The lowest BCUT2D eigenvalue weighted by Gasteiger charge is -2.24. The standard InChI is InChI=1S/C17H16N4O3/c1-10-7-23-17(24-10)16(9-19)13(15(16,8-18)14(20)21-17)11-5-3-4-6-12(11)22-2/h3-6,10,13H,7H2,1-2H3,(H2,20,21)/p+1/t10-,13+,15+,16+,17+/m0/s1. The molecule has 2 aliphatic heterocycles. The third-order valence-corrected chi connectivity index (χ3v) is 5.34. The lowest BCUT2D eigenvalue weighted by molar-refractivity contribution is -0.677. The van der Waals surface area contributed by atoms with Crippen molar-refractivity contribution in [2.24, 2.45) is 16.6 Å². The number of ether oxygens (including phenoxy) is 3. The SMILES string of the molecule is COc1ccccc1[C@H]1[C@@]2(C#N)[C@@]3([NH+]=C(N)[C@@]12C#N)OC[C@H](C)O3. The summed E-state index contributed by atoms with van der Waals surface area (Å²) in [5, 5.41) is 20.0. The van der Waals surface area contributed by atoms with Crippen LogP contribution in [0.4, 0.5) is 0 Å².